The van der Waals surface area contributed by atoms with Crippen molar-refractivity contribution in [1.82, 2.24) is 5.32 Å². The van der Waals surface area contributed by atoms with Gasteiger partial charge in [-0.2, -0.15) is 0 Å². The zero-order chi connectivity index (χ0) is 18.3. The van der Waals surface area contributed by atoms with Crippen molar-refractivity contribution in [2.75, 3.05) is 25.0 Å². The molecule has 0 bridgehead atoms. The topological polar surface area (TPSA) is 84.5 Å². The molecule has 0 aliphatic rings. The Morgan fingerprint density at radius 2 is 1.88 bits per heavy atom. The lowest BCUT2D eigenvalue weighted by atomic mass is 10.2. The number of hydrogen-bond acceptors (Lipinski definition) is 4. The lowest BCUT2D eigenvalue weighted by Crippen LogP contribution is -2.25. The van der Waals surface area contributed by atoms with Gasteiger partial charge in [0.2, 0.25) is 0 Å². The first-order valence-corrected chi connectivity index (χ1v) is 9.38. The molecule has 2 aromatic carbocycles. The van der Waals surface area contributed by atoms with Crippen molar-refractivity contribution >= 4 is 21.6 Å². The Kier molecular flexibility index (Phi) is 6.55. The van der Waals surface area contributed by atoms with Crippen molar-refractivity contribution in [2.45, 2.75) is 18.2 Å². The smallest absolute Gasteiger partial charge is 0.261 e. The van der Waals surface area contributed by atoms with E-state index in [1.807, 2.05) is 19.1 Å². The number of hydrogen-bond donors (Lipinski definition) is 2. The van der Waals surface area contributed by atoms with Crippen LogP contribution in [0.15, 0.2) is 53.4 Å². The van der Waals surface area contributed by atoms with E-state index in [0.717, 1.165) is 5.56 Å². The third-order valence-corrected chi connectivity index (χ3v) is 4.97. The molecule has 0 saturated heterocycles. The monoisotopic (exact) mass is 362 g/mol. The van der Waals surface area contributed by atoms with E-state index in [-0.39, 0.29) is 10.8 Å². The van der Waals surface area contributed by atoms with Gasteiger partial charge in [0.1, 0.15) is 0 Å². The minimum absolute atomic E-state index is 0.0419. The Morgan fingerprint density at radius 3 is 2.60 bits per heavy atom. The zero-order valence-electron chi connectivity index (χ0n) is 14.3. The average molecular weight is 362 g/mol. The molecule has 25 heavy (non-hydrogen) atoms. The molecule has 0 heterocycles. The van der Waals surface area contributed by atoms with Crippen molar-refractivity contribution in [3.05, 3.63) is 59.7 Å². The van der Waals surface area contributed by atoms with E-state index in [1.165, 1.54) is 12.1 Å². The molecule has 0 aromatic heterocycles. The van der Waals surface area contributed by atoms with Crippen LogP contribution in [-0.4, -0.2) is 34.6 Å². The summed E-state index contributed by atoms with van der Waals surface area (Å²) in [5.41, 5.74) is 1.63. The number of para-hydroxylation sites is 1. The van der Waals surface area contributed by atoms with Gasteiger partial charge in [0.25, 0.3) is 15.9 Å². The Morgan fingerprint density at radius 1 is 1.12 bits per heavy atom. The number of ether oxygens (including phenoxy) is 1. The van der Waals surface area contributed by atoms with Gasteiger partial charge < -0.3 is 10.1 Å². The van der Waals surface area contributed by atoms with E-state index in [9.17, 15) is 13.2 Å². The van der Waals surface area contributed by atoms with Crippen molar-refractivity contribution < 1.29 is 17.9 Å². The van der Waals surface area contributed by atoms with Crippen molar-refractivity contribution in [1.29, 1.82) is 0 Å². The second-order valence-electron chi connectivity index (χ2n) is 5.55. The number of sulfonamides is 1. The second kappa shape index (κ2) is 8.64. The highest BCUT2D eigenvalue weighted by molar-refractivity contribution is 7.92. The number of aryl methyl sites for hydroxylation is 1. The van der Waals surface area contributed by atoms with E-state index in [2.05, 4.69) is 10.0 Å². The summed E-state index contributed by atoms with van der Waals surface area (Å²) >= 11 is 0. The van der Waals surface area contributed by atoms with E-state index < -0.39 is 10.0 Å². The Labute approximate surface area is 148 Å². The highest BCUT2D eigenvalue weighted by atomic mass is 32.2. The van der Waals surface area contributed by atoms with Crippen molar-refractivity contribution in [3.63, 3.8) is 0 Å². The number of rotatable bonds is 8. The lowest BCUT2D eigenvalue weighted by Gasteiger charge is -2.11. The van der Waals surface area contributed by atoms with Gasteiger partial charge in [-0.25, -0.2) is 8.42 Å². The summed E-state index contributed by atoms with van der Waals surface area (Å²) < 4.78 is 32.6. The summed E-state index contributed by atoms with van der Waals surface area (Å²) in [6, 6.07) is 13.1. The largest absolute Gasteiger partial charge is 0.385 e. The molecule has 2 N–H and O–H groups in total. The van der Waals surface area contributed by atoms with Crippen LogP contribution >= 0.6 is 0 Å². The quantitative estimate of drug-likeness (QED) is 0.707. The van der Waals surface area contributed by atoms with Crippen LogP contribution in [0, 0.1) is 6.92 Å². The van der Waals surface area contributed by atoms with Gasteiger partial charge in [-0.15, -0.1) is 0 Å². The maximum atomic E-state index is 12.6. The number of anilines is 1. The fraction of sp³-hybridized carbons (Fsp3) is 0.278. The number of amides is 1. The molecule has 0 saturated carbocycles. The van der Waals surface area contributed by atoms with Crippen LogP contribution in [0.2, 0.25) is 0 Å². The van der Waals surface area contributed by atoms with E-state index in [0.29, 0.717) is 30.8 Å². The molecule has 0 spiro atoms. The Bertz CT molecular complexity index is 834. The summed E-state index contributed by atoms with van der Waals surface area (Å²) in [4.78, 5) is 12.2. The molecule has 2 aromatic rings. The van der Waals surface area contributed by atoms with E-state index >= 15 is 0 Å². The second-order valence-corrected chi connectivity index (χ2v) is 7.23. The van der Waals surface area contributed by atoms with Crippen molar-refractivity contribution in [2.24, 2.45) is 0 Å². The molecule has 0 unspecified atom stereocenters. The summed E-state index contributed by atoms with van der Waals surface area (Å²) in [6.45, 7) is 2.84. The van der Waals surface area contributed by atoms with Crippen LogP contribution in [0.4, 0.5) is 5.69 Å². The molecule has 6 nitrogen and oxygen atoms in total. The first kappa shape index (κ1) is 19.0. The fourth-order valence-corrected chi connectivity index (χ4v) is 3.39. The highest BCUT2D eigenvalue weighted by Crippen LogP contribution is 2.20. The number of carbonyl (C=O) groups excluding carboxylic acids is 1. The molecule has 0 aliphatic carbocycles. The Balaban J connectivity index is 2.14. The lowest BCUT2D eigenvalue weighted by molar-refractivity contribution is 0.0948. The molecule has 2 rings (SSSR count). The third kappa shape index (κ3) is 5.30. The number of benzene rings is 2. The number of nitrogens with one attached hydrogen (secondary N) is 2. The standard InChI is InChI=1S/C18H22N2O4S/c1-14-7-3-4-10-17(14)20-25(22,23)16-9-5-8-15(13-16)18(21)19-11-6-12-24-2/h3-5,7-10,13,20H,6,11-12H2,1-2H3,(H,19,21). The van der Waals surface area contributed by atoms with Gasteiger partial charge in [0.05, 0.1) is 10.6 Å². The van der Waals surface area contributed by atoms with E-state index in [4.69, 9.17) is 4.74 Å². The molecule has 0 fully saturated rings. The van der Waals surface area contributed by atoms with Crippen LogP contribution in [0.25, 0.3) is 0 Å². The maximum absolute atomic E-state index is 12.6. The molecule has 0 atom stereocenters. The van der Waals surface area contributed by atoms with Gasteiger partial charge in [-0.1, -0.05) is 24.3 Å². The third-order valence-electron chi connectivity index (χ3n) is 3.61. The van der Waals surface area contributed by atoms with Crippen LogP contribution in [0.1, 0.15) is 22.3 Å². The summed E-state index contributed by atoms with van der Waals surface area (Å²) in [7, 11) is -2.18. The first-order valence-electron chi connectivity index (χ1n) is 7.89. The molecule has 7 heteroatoms. The first-order chi connectivity index (χ1) is 11.9. The predicted octanol–water partition coefficient (Wildman–Crippen LogP) is 2.56. The van der Waals surface area contributed by atoms with Gasteiger partial charge >= 0.3 is 0 Å². The van der Waals surface area contributed by atoms with E-state index in [1.54, 1.807) is 31.4 Å². The molecule has 1 amide bonds. The normalized spacial score (nSPS) is 11.1. The van der Waals surface area contributed by atoms with Gasteiger partial charge in [-0.05, 0) is 43.2 Å². The summed E-state index contributed by atoms with van der Waals surface area (Å²) in [5, 5.41) is 2.74. The minimum Gasteiger partial charge on any atom is -0.385 e. The molecule has 0 radical (unpaired) electrons. The molecule has 134 valence electrons. The van der Waals surface area contributed by atoms with Crippen LogP contribution in [-0.2, 0) is 14.8 Å². The van der Waals surface area contributed by atoms with Crippen molar-refractivity contribution in [3.8, 4) is 0 Å². The highest BCUT2D eigenvalue weighted by Gasteiger charge is 2.17. The van der Waals surface area contributed by atoms with Gasteiger partial charge in [0, 0.05) is 25.8 Å². The predicted molar refractivity (Wildman–Crippen MR) is 97.3 cm³/mol. The molecular weight excluding hydrogens is 340 g/mol. The average Bonchev–Trinajstić information content (AvgIpc) is 2.60. The van der Waals surface area contributed by atoms with Crippen LogP contribution in [0.3, 0.4) is 0 Å². The zero-order valence-corrected chi connectivity index (χ0v) is 15.1. The Hall–Kier alpha value is -2.38. The molecular formula is C18H22N2O4S. The minimum atomic E-state index is -3.77. The van der Waals surface area contributed by atoms with Gasteiger partial charge in [-0.3, -0.25) is 9.52 Å². The number of carbonyl (C=O) groups is 1. The summed E-state index contributed by atoms with van der Waals surface area (Å²) in [5.74, 6) is -0.316. The maximum Gasteiger partial charge on any atom is 0.261 e. The SMILES string of the molecule is COCCCNC(=O)c1cccc(S(=O)(=O)Nc2ccccc2C)c1. The summed E-state index contributed by atoms with van der Waals surface area (Å²) in [6.07, 6.45) is 0.690. The molecule has 0 aliphatic heterocycles. The number of methoxy groups -OCH3 is 1. The fourth-order valence-electron chi connectivity index (χ4n) is 2.22. The van der Waals surface area contributed by atoms with Crippen LogP contribution < -0.4 is 10.0 Å². The van der Waals surface area contributed by atoms with Crippen LogP contribution in [0.5, 0.6) is 0 Å². The van der Waals surface area contributed by atoms with Gasteiger partial charge in [0.15, 0.2) is 0 Å².